The van der Waals surface area contributed by atoms with Gasteiger partial charge >= 0.3 is 0 Å². The van der Waals surface area contributed by atoms with E-state index >= 15 is 0 Å². The van der Waals surface area contributed by atoms with Crippen molar-refractivity contribution in [3.8, 4) is 0 Å². The lowest BCUT2D eigenvalue weighted by Crippen LogP contribution is -2.50. The number of likely N-dealkylation sites (tertiary alicyclic amines) is 1. The van der Waals surface area contributed by atoms with Crippen LogP contribution in [0.2, 0.25) is 0 Å². The van der Waals surface area contributed by atoms with E-state index in [0.717, 1.165) is 25.9 Å². The number of piperazine rings is 1. The summed E-state index contributed by atoms with van der Waals surface area (Å²) in [6, 6.07) is 5.50. The molecule has 8 nitrogen and oxygen atoms in total. The van der Waals surface area contributed by atoms with Gasteiger partial charge in [0.15, 0.2) is 5.69 Å². The van der Waals surface area contributed by atoms with Crippen molar-refractivity contribution >= 4 is 23.2 Å². The normalized spacial score (nSPS) is 18.3. The minimum absolute atomic E-state index is 0.0215. The Balaban J connectivity index is 1.60. The maximum Gasteiger partial charge on any atom is 0.290 e. The fraction of sp³-hybridized carbons (Fsp3) is 0.524. The highest BCUT2D eigenvalue weighted by Crippen LogP contribution is 2.21. The standard InChI is InChI=1S/C21H27N5O3/c1-15-6-9-24(10-7-15)21(29)19-22-18(17-5-3-4-8-26(17)19)20(28)25-13-11-23(12-14-25)16(2)27/h3-5,8,15H,6-7,9-14H2,1-2H3. The minimum Gasteiger partial charge on any atom is -0.339 e. The second-order valence-corrected chi connectivity index (χ2v) is 8.01. The highest BCUT2D eigenvalue weighted by Gasteiger charge is 2.30. The van der Waals surface area contributed by atoms with Gasteiger partial charge in [0.25, 0.3) is 11.8 Å². The first-order valence-corrected chi connectivity index (χ1v) is 10.3. The predicted octanol–water partition coefficient (Wildman–Crippen LogP) is 1.51. The van der Waals surface area contributed by atoms with Crippen LogP contribution in [0.1, 0.15) is 47.8 Å². The molecule has 4 rings (SSSR count). The summed E-state index contributed by atoms with van der Waals surface area (Å²) >= 11 is 0. The van der Waals surface area contributed by atoms with E-state index < -0.39 is 0 Å². The highest BCUT2D eigenvalue weighted by molar-refractivity contribution is 6.02. The third-order valence-electron chi connectivity index (χ3n) is 6.03. The van der Waals surface area contributed by atoms with Crippen molar-refractivity contribution in [2.24, 2.45) is 5.92 Å². The molecule has 2 aromatic heterocycles. The van der Waals surface area contributed by atoms with Crippen LogP contribution in [-0.4, -0.2) is 81.1 Å². The first-order valence-electron chi connectivity index (χ1n) is 10.3. The van der Waals surface area contributed by atoms with Crippen molar-refractivity contribution < 1.29 is 14.4 Å². The van der Waals surface area contributed by atoms with E-state index in [2.05, 4.69) is 11.9 Å². The van der Waals surface area contributed by atoms with Crippen molar-refractivity contribution in [2.75, 3.05) is 39.3 Å². The lowest BCUT2D eigenvalue weighted by atomic mass is 9.99. The molecule has 0 saturated carbocycles. The largest absolute Gasteiger partial charge is 0.339 e. The van der Waals surface area contributed by atoms with Gasteiger partial charge in [0.05, 0.1) is 5.52 Å². The van der Waals surface area contributed by atoms with Crippen LogP contribution in [0.3, 0.4) is 0 Å². The SMILES string of the molecule is CC(=O)N1CCN(C(=O)c2nc(C(=O)N3CCC(C)CC3)n3ccccc23)CC1. The van der Waals surface area contributed by atoms with E-state index in [0.29, 0.717) is 49.1 Å². The molecule has 8 heteroatoms. The average molecular weight is 397 g/mol. The molecule has 0 unspecified atom stereocenters. The van der Waals surface area contributed by atoms with Gasteiger partial charge in [-0.2, -0.15) is 0 Å². The zero-order valence-corrected chi connectivity index (χ0v) is 17.0. The summed E-state index contributed by atoms with van der Waals surface area (Å²) in [5.41, 5.74) is 0.941. The van der Waals surface area contributed by atoms with Gasteiger partial charge in [-0.15, -0.1) is 0 Å². The second-order valence-electron chi connectivity index (χ2n) is 8.01. The molecule has 2 aromatic rings. The van der Waals surface area contributed by atoms with Gasteiger partial charge in [-0.1, -0.05) is 13.0 Å². The van der Waals surface area contributed by atoms with Crippen molar-refractivity contribution in [1.82, 2.24) is 24.1 Å². The molecular formula is C21H27N5O3. The van der Waals surface area contributed by atoms with Crippen LogP contribution in [0.25, 0.3) is 5.52 Å². The van der Waals surface area contributed by atoms with Crippen molar-refractivity contribution in [1.29, 1.82) is 0 Å². The Morgan fingerprint density at radius 1 is 0.897 bits per heavy atom. The minimum atomic E-state index is -0.191. The molecule has 3 amide bonds. The number of imidazole rings is 1. The summed E-state index contributed by atoms with van der Waals surface area (Å²) in [6.45, 7) is 7.16. The fourth-order valence-electron chi connectivity index (χ4n) is 4.07. The van der Waals surface area contributed by atoms with Gasteiger partial charge in [0, 0.05) is 52.4 Å². The summed E-state index contributed by atoms with van der Waals surface area (Å²) in [6.07, 6.45) is 3.76. The summed E-state index contributed by atoms with van der Waals surface area (Å²) in [4.78, 5) is 47.6. The van der Waals surface area contributed by atoms with Crippen molar-refractivity contribution in [3.63, 3.8) is 0 Å². The third-order valence-corrected chi connectivity index (χ3v) is 6.03. The molecule has 2 saturated heterocycles. The van der Waals surface area contributed by atoms with E-state index in [-0.39, 0.29) is 17.7 Å². The Kier molecular flexibility index (Phi) is 5.25. The quantitative estimate of drug-likeness (QED) is 0.770. The number of piperidine rings is 1. The van der Waals surface area contributed by atoms with Gasteiger partial charge in [-0.25, -0.2) is 4.98 Å². The van der Waals surface area contributed by atoms with Crippen LogP contribution in [0, 0.1) is 5.92 Å². The number of carbonyl (C=O) groups excluding carboxylic acids is 3. The molecule has 2 fully saturated rings. The maximum absolute atomic E-state index is 13.2. The van der Waals surface area contributed by atoms with E-state index in [4.69, 9.17) is 0 Å². The Morgan fingerprint density at radius 3 is 2.17 bits per heavy atom. The Labute approximate surface area is 170 Å². The lowest BCUT2D eigenvalue weighted by molar-refractivity contribution is -0.130. The first-order chi connectivity index (χ1) is 14.0. The van der Waals surface area contributed by atoms with Crippen LogP contribution in [0.5, 0.6) is 0 Å². The molecule has 0 spiro atoms. The van der Waals surface area contributed by atoms with Gasteiger partial charge in [0.2, 0.25) is 11.7 Å². The molecule has 154 valence electrons. The molecule has 4 heterocycles. The lowest BCUT2D eigenvalue weighted by Gasteiger charge is -2.33. The number of aromatic nitrogens is 2. The van der Waals surface area contributed by atoms with E-state index in [1.165, 1.54) is 0 Å². The van der Waals surface area contributed by atoms with Gasteiger partial charge in [0.1, 0.15) is 0 Å². The van der Waals surface area contributed by atoms with Gasteiger partial charge in [-0.3, -0.25) is 18.8 Å². The molecule has 29 heavy (non-hydrogen) atoms. The second kappa shape index (κ2) is 7.85. The maximum atomic E-state index is 13.2. The summed E-state index contributed by atoms with van der Waals surface area (Å²) < 4.78 is 1.72. The van der Waals surface area contributed by atoms with E-state index in [1.807, 2.05) is 23.1 Å². The van der Waals surface area contributed by atoms with Gasteiger partial charge in [-0.05, 0) is 30.9 Å². The molecule has 2 aliphatic heterocycles. The molecule has 0 bridgehead atoms. The number of carbonyl (C=O) groups is 3. The predicted molar refractivity (Wildman–Crippen MR) is 108 cm³/mol. The number of fused-ring (bicyclic) bond motifs is 1. The van der Waals surface area contributed by atoms with E-state index in [9.17, 15) is 14.4 Å². The van der Waals surface area contributed by atoms with Crippen LogP contribution in [0.15, 0.2) is 24.4 Å². The Morgan fingerprint density at radius 2 is 1.52 bits per heavy atom. The smallest absolute Gasteiger partial charge is 0.290 e. The van der Waals surface area contributed by atoms with Crippen LogP contribution < -0.4 is 0 Å². The Hall–Kier alpha value is -2.90. The van der Waals surface area contributed by atoms with Crippen molar-refractivity contribution in [2.45, 2.75) is 26.7 Å². The fourth-order valence-corrected chi connectivity index (χ4v) is 4.07. The molecule has 0 radical (unpaired) electrons. The highest BCUT2D eigenvalue weighted by atomic mass is 16.2. The number of pyridine rings is 1. The zero-order valence-electron chi connectivity index (χ0n) is 17.0. The van der Waals surface area contributed by atoms with Crippen LogP contribution in [-0.2, 0) is 4.79 Å². The van der Waals surface area contributed by atoms with Gasteiger partial charge < -0.3 is 14.7 Å². The Bertz CT molecular complexity index is 937. The summed E-state index contributed by atoms with van der Waals surface area (Å²) in [7, 11) is 0. The monoisotopic (exact) mass is 397 g/mol. The average Bonchev–Trinajstić information content (AvgIpc) is 3.13. The zero-order chi connectivity index (χ0) is 20.5. The molecule has 0 aromatic carbocycles. The number of hydrogen-bond donors (Lipinski definition) is 0. The van der Waals surface area contributed by atoms with Crippen LogP contribution in [0.4, 0.5) is 0 Å². The number of amides is 3. The summed E-state index contributed by atoms with van der Waals surface area (Å²) in [5.74, 6) is 0.623. The topological polar surface area (TPSA) is 78.2 Å². The number of rotatable bonds is 2. The van der Waals surface area contributed by atoms with E-state index in [1.54, 1.807) is 27.3 Å². The van der Waals surface area contributed by atoms with Crippen molar-refractivity contribution in [3.05, 3.63) is 35.9 Å². The molecule has 2 aliphatic rings. The first kappa shape index (κ1) is 19.4. The molecule has 0 N–H and O–H groups in total. The molecule has 0 atom stereocenters. The van der Waals surface area contributed by atoms with Crippen LogP contribution >= 0.6 is 0 Å². The summed E-state index contributed by atoms with van der Waals surface area (Å²) in [5, 5.41) is 0. The number of hydrogen-bond acceptors (Lipinski definition) is 4. The number of nitrogens with zero attached hydrogens (tertiary/aromatic N) is 5. The molecular weight excluding hydrogens is 370 g/mol. The third kappa shape index (κ3) is 3.71. The molecule has 0 aliphatic carbocycles.